The molecule has 0 atom stereocenters. The minimum absolute atomic E-state index is 0.462. The van der Waals surface area contributed by atoms with Crippen molar-refractivity contribution >= 4 is 10.1 Å². The van der Waals surface area contributed by atoms with Crippen LogP contribution in [-0.2, 0) is 16.0 Å². The lowest BCUT2D eigenvalue weighted by Gasteiger charge is -2.00. The maximum atomic E-state index is 10.7. The lowest BCUT2D eigenvalue weighted by molar-refractivity contribution is -0.678. The molecule has 0 aromatic carbocycles. The lowest BCUT2D eigenvalue weighted by Crippen LogP contribution is -2.36. The molecular weight excluding hydrogens is 254 g/mol. The van der Waals surface area contributed by atoms with Crippen LogP contribution < -0.4 is 4.57 Å². The topological polar surface area (TPSA) is 84.0 Å². The molecule has 0 amide bonds. The molecule has 0 aliphatic carbocycles. The van der Waals surface area contributed by atoms with E-state index >= 15 is 0 Å². The first-order valence-corrected chi connectivity index (χ1v) is 6.79. The van der Waals surface area contributed by atoms with E-state index in [1.54, 1.807) is 43.7 Å². The molecule has 0 aliphatic heterocycles. The van der Waals surface area contributed by atoms with E-state index in [-0.39, 0.29) is 0 Å². The van der Waals surface area contributed by atoms with Gasteiger partial charge in [0.25, 0.3) is 5.88 Å². The van der Waals surface area contributed by atoms with Gasteiger partial charge >= 0.3 is 10.1 Å². The fourth-order valence-electron chi connectivity index (χ4n) is 1.52. The molecule has 0 unspecified atom stereocenters. The molecule has 0 saturated heterocycles. The highest BCUT2D eigenvalue weighted by Crippen LogP contribution is 2.13. The fraction of sp³-hybridized carbons (Fsp3) is 0.182. The third kappa shape index (κ3) is 3.31. The molecule has 0 spiro atoms. The summed E-state index contributed by atoms with van der Waals surface area (Å²) in [5, 5.41) is 0. The molecule has 94 valence electrons. The smallest absolute Gasteiger partial charge is 0.281 e. The number of nitrogens with zero attached hydrogens (tertiary/aromatic N) is 3. The Kier molecular flexibility index (Phi) is 3.35. The Labute approximate surface area is 105 Å². The van der Waals surface area contributed by atoms with Gasteiger partial charge in [-0.25, -0.2) is 9.97 Å². The molecule has 0 fully saturated rings. The van der Waals surface area contributed by atoms with Crippen molar-refractivity contribution in [3.05, 3.63) is 42.6 Å². The zero-order valence-electron chi connectivity index (χ0n) is 9.68. The second-order valence-corrected chi connectivity index (χ2v) is 5.22. The van der Waals surface area contributed by atoms with Gasteiger partial charge in [-0.1, -0.05) is 0 Å². The molecule has 7 heteroatoms. The summed E-state index contributed by atoms with van der Waals surface area (Å²) in [4.78, 5) is 8.26. The summed E-state index contributed by atoms with van der Waals surface area (Å²) in [5.74, 6) is 0.206. The average molecular weight is 266 g/mol. The van der Waals surface area contributed by atoms with Crippen LogP contribution in [0.3, 0.4) is 0 Å². The third-order valence-electron chi connectivity index (χ3n) is 2.28. The van der Waals surface area contributed by atoms with Gasteiger partial charge in [0.1, 0.15) is 5.82 Å². The lowest BCUT2D eigenvalue weighted by atomic mass is 10.2. The van der Waals surface area contributed by atoms with Crippen LogP contribution in [0.15, 0.2) is 36.8 Å². The van der Waals surface area contributed by atoms with Crippen LogP contribution >= 0.6 is 0 Å². The van der Waals surface area contributed by atoms with Crippen molar-refractivity contribution in [3.63, 3.8) is 0 Å². The van der Waals surface area contributed by atoms with E-state index in [2.05, 4.69) is 9.97 Å². The Bertz CT molecular complexity index is 653. The van der Waals surface area contributed by atoms with Crippen molar-refractivity contribution in [3.8, 4) is 11.3 Å². The Hall–Kier alpha value is -1.86. The van der Waals surface area contributed by atoms with E-state index in [1.807, 2.05) is 0 Å². The van der Waals surface area contributed by atoms with Crippen LogP contribution in [0.5, 0.6) is 0 Å². The summed E-state index contributed by atoms with van der Waals surface area (Å²) in [5.41, 5.74) is 1.62. The van der Waals surface area contributed by atoms with Crippen molar-refractivity contribution < 1.29 is 17.5 Å². The standard InChI is InChI=1S/C11H11N3O3S/c1-9-12-5-2-11(13-9)10-3-6-14(7-4-10)8-18(15,16)17/h2-7H,8H2,1H3/p+1. The Morgan fingerprint density at radius 1 is 1.28 bits per heavy atom. The molecule has 0 saturated carbocycles. The van der Waals surface area contributed by atoms with E-state index in [0.717, 1.165) is 11.3 Å². The molecule has 18 heavy (non-hydrogen) atoms. The summed E-state index contributed by atoms with van der Waals surface area (Å²) in [6, 6.07) is 5.23. The monoisotopic (exact) mass is 266 g/mol. The van der Waals surface area contributed by atoms with Crippen LogP contribution in [0.4, 0.5) is 0 Å². The van der Waals surface area contributed by atoms with E-state index in [0.29, 0.717) is 5.82 Å². The molecule has 1 N–H and O–H groups in total. The molecule has 2 aromatic rings. The van der Waals surface area contributed by atoms with Gasteiger partial charge in [0.05, 0.1) is 5.69 Å². The van der Waals surface area contributed by atoms with Crippen molar-refractivity contribution in [2.75, 3.05) is 0 Å². The van der Waals surface area contributed by atoms with Gasteiger partial charge < -0.3 is 0 Å². The van der Waals surface area contributed by atoms with E-state index in [9.17, 15) is 8.42 Å². The predicted octanol–water partition coefficient (Wildman–Crippen LogP) is 0.585. The maximum absolute atomic E-state index is 10.7. The predicted molar refractivity (Wildman–Crippen MR) is 63.9 cm³/mol. The Balaban J connectivity index is 2.28. The van der Waals surface area contributed by atoms with Gasteiger partial charge in [-0.3, -0.25) is 4.55 Å². The molecule has 2 rings (SSSR count). The van der Waals surface area contributed by atoms with Gasteiger partial charge in [0.15, 0.2) is 12.4 Å². The molecular formula is C11H12N3O3S+. The van der Waals surface area contributed by atoms with Gasteiger partial charge in [-0.05, 0) is 13.0 Å². The number of pyridine rings is 1. The number of aryl methyl sites for hydroxylation is 1. The maximum Gasteiger partial charge on any atom is 0.326 e. The van der Waals surface area contributed by atoms with E-state index < -0.39 is 16.0 Å². The number of hydrogen-bond acceptors (Lipinski definition) is 4. The van der Waals surface area contributed by atoms with E-state index in [4.69, 9.17) is 4.55 Å². The highest BCUT2D eigenvalue weighted by atomic mass is 32.2. The van der Waals surface area contributed by atoms with Crippen LogP contribution in [-0.4, -0.2) is 22.9 Å². The van der Waals surface area contributed by atoms with Crippen molar-refractivity contribution in [2.45, 2.75) is 12.8 Å². The average Bonchev–Trinajstić information content (AvgIpc) is 2.28. The van der Waals surface area contributed by atoms with E-state index in [1.165, 1.54) is 4.57 Å². The van der Waals surface area contributed by atoms with Gasteiger partial charge in [-0.15, -0.1) is 0 Å². The van der Waals surface area contributed by atoms with Gasteiger partial charge in [0.2, 0.25) is 0 Å². The molecule has 6 nitrogen and oxygen atoms in total. The number of hydrogen-bond donors (Lipinski definition) is 1. The molecule has 0 radical (unpaired) electrons. The highest BCUT2D eigenvalue weighted by molar-refractivity contribution is 7.84. The first-order valence-electron chi connectivity index (χ1n) is 5.18. The van der Waals surface area contributed by atoms with Crippen molar-refractivity contribution in [1.29, 1.82) is 0 Å². The minimum Gasteiger partial charge on any atom is -0.281 e. The quantitative estimate of drug-likeness (QED) is 0.649. The van der Waals surface area contributed by atoms with Crippen LogP contribution in [0, 0.1) is 6.92 Å². The largest absolute Gasteiger partial charge is 0.326 e. The summed E-state index contributed by atoms with van der Waals surface area (Å²) >= 11 is 0. The summed E-state index contributed by atoms with van der Waals surface area (Å²) in [6.45, 7) is 1.80. The third-order valence-corrected chi connectivity index (χ3v) is 2.90. The fourth-order valence-corrected chi connectivity index (χ4v) is 2.07. The first kappa shape index (κ1) is 12.6. The highest BCUT2D eigenvalue weighted by Gasteiger charge is 2.12. The molecule has 0 aliphatic rings. The first-order chi connectivity index (χ1) is 8.44. The number of aromatic nitrogens is 3. The SMILES string of the molecule is Cc1nccc(-c2cc[n+](CS(=O)(=O)O)cc2)n1. The molecule has 2 heterocycles. The molecule has 2 aromatic heterocycles. The van der Waals surface area contributed by atoms with Gasteiger partial charge in [0, 0.05) is 23.9 Å². The second kappa shape index (κ2) is 4.79. The number of rotatable bonds is 3. The van der Waals surface area contributed by atoms with Crippen LogP contribution in [0.1, 0.15) is 5.82 Å². The van der Waals surface area contributed by atoms with Crippen molar-refractivity contribution in [1.82, 2.24) is 9.97 Å². The molecule has 0 bridgehead atoms. The summed E-state index contributed by atoms with van der Waals surface area (Å²) < 4.78 is 31.5. The van der Waals surface area contributed by atoms with Crippen LogP contribution in [0.2, 0.25) is 0 Å². The normalized spacial score (nSPS) is 11.4. The Morgan fingerprint density at radius 2 is 1.94 bits per heavy atom. The zero-order valence-corrected chi connectivity index (χ0v) is 10.5. The van der Waals surface area contributed by atoms with Gasteiger partial charge in [-0.2, -0.15) is 13.0 Å². The van der Waals surface area contributed by atoms with Crippen LogP contribution in [0.25, 0.3) is 11.3 Å². The summed E-state index contributed by atoms with van der Waals surface area (Å²) in [6.07, 6.45) is 4.80. The van der Waals surface area contributed by atoms with Crippen molar-refractivity contribution in [2.24, 2.45) is 0 Å². The minimum atomic E-state index is -4.02. The Morgan fingerprint density at radius 3 is 2.50 bits per heavy atom. The second-order valence-electron chi connectivity index (χ2n) is 3.80. The zero-order chi connectivity index (χ0) is 13.2. The summed E-state index contributed by atoms with van der Waals surface area (Å²) in [7, 11) is -4.02.